The number of ether oxygens (including phenoxy) is 1. The molecule has 0 aliphatic carbocycles. The van der Waals surface area contributed by atoms with E-state index in [4.69, 9.17) is 22.2 Å². The van der Waals surface area contributed by atoms with Crippen molar-refractivity contribution in [2.24, 2.45) is 5.92 Å². The van der Waals surface area contributed by atoms with Gasteiger partial charge in [0, 0.05) is 11.3 Å². The molecule has 2 aromatic rings. The molecular formula is C19H18BrN3O2S. The summed E-state index contributed by atoms with van der Waals surface area (Å²) in [4.78, 5) is 12.3. The molecule has 0 aliphatic rings. The number of carbonyl (C=O) groups excluding carboxylic acids is 1. The van der Waals surface area contributed by atoms with E-state index in [1.807, 2.05) is 6.07 Å². The number of hydrogen-bond donors (Lipinski definition) is 2. The Morgan fingerprint density at radius 2 is 2.08 bits per heavy atom. The molecule has 0 radical (unpaired) electrons. The van der Waals surface area contributed by atoms with Crippen molar-refractivity contribution in [1.29, 1.82) is 5.26 Å². The summed E-state index contributed by atoms with van der Waals surface area (Å²) in [6.45, 7) is 4.73. The average molecular weight is 432 g/mol. The van der Waals surface area contributed by atoms with E-state index in [9.17, 15) is 4.79 Å². The van der Waals surface area contributed by atoms with Crippen LogP contribution in [0, 0.1) is 17.2 Å². The number of nitrogens with one attached hydrogen (secondary N) is 2. The SMILES string of the molecule is CC(C)COc1ccc(C(=O)NC(=S)Nc2cccc(C#N)c2)cc1Br. The van der Waals surface area contributed by atoms with Gasteiger partial charge in [-0.15, -0.1) is 0 Å². The highest BCUT2D eigenvalue weighted by Gasteiger charge is 2.11. The molecule has 0 spiro atoms. The van der Waals surface area contributed by atoms with Crippen molar-refractivity contribution >= 4 is 44.9 Å². The predicted molar refractivity (Wildman–Crippen MR) is 109 cm³/mol. The number of carbonyl (C=O) groups is 1. The first-order valence-electron chi connectivity index (χ1n) is 7.94. The van der Waals surface area contributed by atoms with Crippen molar-refractivity contribution in [3.05, 3.63) is 58.1 Å². The average Bonchev–Trinajstić information content (AvgIpc) is 2.60. The number of benzene rings is 2. The summed E-state index contributed by atoms with van der Waals surface area (Å²) in [5.74, 6) is 0.757. The van der Waals surface area contributed by atoms with Gasteiger partial charge < -0.3 is 10.1 Å². The van der Waals surface area contributed by atoms with Crippen LogP contribution < -0.4 is 15.4 Å². The standard InChI is InChI=1S/C19H18BrN3O2S/c1-12(2)11-25-17-7-6-14(9-16(17)20)18(24)23-19(26)22-15-5-3-4-13(8-15)10-21/h3-9,12H,11H2,1-2H3,(H2,22,23,24,26). The summed E-state index contributed by atoms with van der Waals surface area (Å²) < 4.78 is 6.37. The van der Waals surface area contributed by atoms with Gasteiger partial charge >= 0.3 is 0 Å². The summed E-state index contributed by atoms with van der Waals surface area (Å²) >= 11 is 8.58. The molecule has 2 rings (SSSR count). The molecular weight excluding hydrogens is 414 g/mol. The minimum Gasteiger partial charge on any atom is -0.492 e. The minimum absolute atomic E-state index is 0.154. The first-order valence-corrected chi connectivity index (χ1v) is 9.14. The molecule has 0 saturated heterocycles. The fourth-order valence-electron chi connectivity index (χ4n) is 2.02. The van der Waals surface area contributed by atoms with Crippen molar-refractivity contribution in [2.45, 2.75) is 13.8 Å². The molecule has 0 bridgehead atoms. The number of thiocarbonyl (C=S) groups is 1. The Kier molecular flexibility index (Phi) is 7.13. The Bertz CT molecular complexity index is 862. The highest BCUT2D eigenvalue weighted by atomic mass is 79.9. The van der Waals surface area contributed by atoms with Gasteiger partial charge in [-0.2, -0.15) is 5.26 Å². The van der Waals surface area contributed by atoms with E-state index >= 15 is 0 Å². The van der Waals surface area contributed by atoms with Gasteiger partial charge in [0.1, 0.15) is 5.75 Å². The second-order valence-electron chi connectivity index (χ2n) is 5.95. The van der Waals surface area contributed by atoms with Gasteiger partial charge in [0.15, 0.2) is 5.11 Å². The first kappa shape index (κ1) is 19.9. The molecule has 0 aromatic heterocycles. The number of amides is 1. The highest BCUT2D eigenvalue weighted by Crippen LogP contribution is 2.26. The number of nitriles is 1. The van der Waals surface area contributed by atoms with E-state index in [0.717, 1.165) is 0 Å². The van der Waals surface area contributed by atoms with Gasteiger partial charge in [0.05, 0.1) is 22.7 Å². The van der Waals surface area contributed by atoms with E-state index in [0.29, 0.717) is 39.6 Å². The zero-order valence-corrected chi connectivity index (χ0v) is 16.8. The smallest absolute Gasteiger partial charge is 0.257 e. The third-order valence-electron chi connectivity index (χ3n) is 3.24. The Morgan fingerprint density at radius 1 is 1.31 bits per heavy atom. The maximum absolute atomic E-state index is 12.3. The minimum atomic E-state index is -0.338. The molecule has 0 atom stereocenters. The van der Waals surface area contributed by atoms with Crippen LogP contribution in [0.1, 0.15) is 29.8 Å². The van der Waals surface area contributed by atoms with Crippen LogP contribution in [0.2, 0.25) is 0 Å². The zero-order chi connectivity index (χ0) is 19.1. The van der Waals surface area contributed by atoms with Crippen LogP contribution in [-0.2, 0) is 0 Å². The molecule has 1 amide bonds. The Labute approximate surface area is 166 Å². The lowest BCUT2D eigenvalue weighted by Gasteiger charge is -2.12. The molecule has 0 saturated carbocycles. The third-order valence-corrected chi connectivity index (χ3v) is 4.07. The van der Waals surface area contributed by atoms with Crippen molar-refractivity contribution in [3.8, 4) is 11.8 Å². The lowest BCUT2D eigenvalue weighted by Crippen LogP contribution is -2.34. The number of halogens is 1. The summed E-state index contributed by atoms with van der Waals surface area (Å²) in [7, 11) is 0. The number of rotatable bonds is 5. The van der Waals surface area contributed by atoms with Crippen molar-refractivity contribution < 1.29 is 9.53 Å². The third kappa shape index (κ3) is 5.83. The van der Waals surface area contributed by atoms with E-state index in [1.54, 1.807) is 42.5 Å². The fraction of sp³-hybridized carbons (Fsp3) is 0.211. The van der Waals surface area contributed by atoms with Crippen molar-refractivity contribution in [3.63, 3.8) is 0 Å². The first-order chi connectivity index (χ1) is 12.4. The lowest BCUT2D eigenvalue weighted by molar-refractivity contribution is 0.0977. The van der Waals surface area contributed by atoms with Gasteiger partial charge in [0.2, 0.25) is 0 Å². The Hall–Kier alpha value is -2.43. The van der Waals surface area contributed by atoms with Crippen LogP contribution in [0.3, 0.4) is 0 Å². The summed E-state index contributed by atoms with van der Waals surface area (Å²) in [5.41, 5.74) is 1.58. The van der Waals surface area contributed by atoms with Crippen LogP contribution in [0.15, 0.2) is 46.9 Å². The Balaban J connectivity index is 1.99. The normalized spacial score (nSPS) is 10.1. The highest BCUT2D eigenvalue weighted by molar-refractivity contribution is 9.10. The predicted octanol–water partition coefficient (Wildman–Crippen LogP) is 4.48. The second-order valence-corrected chi connectivity index (χ2v) is 7.21. The number of anilines is 1. The fourth-order valence-corrected chi connectivity index (χ4v) is 2.72. The molecule has 26 heavy (non-hydrogen) atoms. The van der Waals surface area contributed by atoms with Crippen LogP contribution in [0.4, 0.5) is 5.69 Å². The van der Waals surface area contributed by atoms with Crippen LogP contribution in [0.25, 0.3) is 0 Å². The molecule has 0 fully saturated rings. The molecule has 5 nitrogen and oxygen atoms in total. The van der Waals surface area contributed by atoms with E-state index in [-0.39, 0.29) is 11.0 Å². The molecule has 134 valence electrons. The second kappa shape index (κ2) is 9.32. The van der Waals surface area contributed by atoms with Gasteiger partial charge in [-0.25, -0.2) is 0 Å². The largest absolute Gasteiger partial charge is 0.492 e. The molecule has 0 heterocycles. The summed E-state index contributed by atoms with van der Waals surface area (Å²) in [5, 5.41) is 14.6. The van der Waals surface area contributed by atoms with Gasteiger partial charge in [-0.3, -0.25) is 10.1 Å². The van der Waals surface area contributed by atoms with E-state index in [1.165, 1.54) is 0 Å². The molecule has 0 unspecified atom stereocenters. The zero-order valence-electron chi connectivity index (χ0n) is 14.4. The quantitative estimate of drug-likeness (QED) is 0.682. The molecule has 2 N–H and O–H groups in total. The van der Waals surface area contributed by atoms with Crippen LogP contribution in [0.5, 0.6) is 5.75 Å². The number of hydrogen-bond acceptors (Lipinski definition) is 4. The van der Waals surface area contributed by atoms with Crippen molar-refractivity contribution in [2.75, 3.05) is 11.9 Å². The van der Waals surface area contributed by atoms with Gasteiger partial charge in [0.25, 0.3) is 5.91 Å². The summed E-state index contributed by atoms with van der Waals surface area (Å²) in [6, 6.07) is 14.0. The van der Waals surface area contributed by atoms with Crippen LogP contribution in [-0.4, -0.2) is 17.6 Å². The van der Waals surface area contributed by atoms with E-state index < -0.39 is 0 Å². The monoisotopic (exact) mass is 431 g/mol. The maximum atomic E-state index is 12.3. The van der Waals surface area contributed by atoms with Crippen molar-refractivity contribution in [1.82, 2.24) is 5.32 Å². The van der Waals surface area contributed by atoms with E-state index in [2.05, 4.69) is 40.4 Å². The maximum Gasteiger partial charge on any atom is 0.257 e. The topological polar surface area (TPSA) is 74.2 Å². The van der Waals surface area contributed by atoms with Gasteiger partial charge in [-0.1, -0.05) is 19.9 Å². The number of nitrogens with zero attached hydrogens (tertiary/aromatic N) is 1. The summed E-state index contributed by atoms with van der Waals surface area (Å²) in [6.07, 6.45) is 0. The Morgan fingerprint density at radius 3 is 2.73 bits per heavy atom. The molecule has 7 heteroatoms. The van der Waals surface area contributed by atoms with Crippen LogP contribution >= 0.6 is 28.1 Å². The van der Waals surface area contributed by atoms with Gasteiger partial charge in [-0.05, 0) is 70.5 Å². The molecule has 2 aromatic carbocycles. The lowest BCUT2D eigenvalue weighted by atomic mass is 10.2. The molecule has 0 aliphatic heterocycles.